The third kappa shape index (κ3) is 4.93. The van der Waals surface area contributed by atoms with E-state index in [1.165, 1.54) is 5.56 Å². The number of carbonyl (C=O) groups is 1. The zero-order valence-electron chi connectivity index (χ0n) is 14.2. The highest BCUT2D eigenvalue weighted by Gasteiger charge is 2.29. The number of pyridine rings is 1. The lowest BCUT2D eigenvalue weighted by Crippen LogP contribution is -2.42. The molecule has 1 aliphatic rings. The lowest BCUT2D eigenvalue weighted by molar-refractivity contribution is -0.124. The van der Waals surface area contributed by atoms with Crippen LogP contribution in [0, 0.1) is 5.92 Å². The van der Waals surface area contributed by atoms with Crippen LogP contribution in [0.4, 0.5) is 0 Å². The third-order valence-corrected chi connectivity index (χ3v) is 4.20. The lowest BCUT2D eigenvalue weighted by Gasteiger charge is -2.19. The van der Waals surface area contributed by atoms with E-state index in [1.807, 2.05) is 24.3 Å². The number of hydrogen-bond donors (Lipinski definition) is 1. The van der Waals surface area contributed by atoms with Crippen LogP contribution < -0.4 is 14.8 Å². The lowest BCUT2D eigenvalue weighted by atomic mass is 9.95. The standard InChI is InChI=1S/C19H22N2O4/c1-23-16-3-2-4-17(10-16)25-13-19(22)21-18-12-24-11-15(18)9-14-5-7-20-8-6-14/h2-8,10,15,18H,9,11-13H2,1H3,(H,21,22)/t15-,18+/m1/s1. The van der Waals surface area contributed by atoms with Gasteiger partial charge in [-0.05, 0) is 36.2 Å². The van der Waals surface area contributed by atoms with Crippen LogP contribution in [0.25, 0.3) is 0 Å². The summed E-state index contributed by atoms with van der Waals surface area (Å²) in [7, 11) is 1.59. The van der Waals surface area contributed by atoms with Crippen molar-refractivity contribution in [1.29, 1.82) is 0 Å². The van der Waals surface area contributed by atoms with E-state index in [1.54, 1.807) is 31.6 Å². The van der Waals surface area contributed by atoms with E-state index in [4.69, 9.17) is 14.2 Å². The number of hydrogen-bond acceptors (Lipinski definition) is 5. The van der Waals surface area contributed by atoms with E-state index in [2.05, 4.69) is 10.3 Å². The second-order valence-electron chi connectivity index (χ2n) is 6.00. The predicted octanol–water partition coefficient (Wildman–Crippen LogP) is 1.84. The monoisotopic (exact) mass is 342 g/mol. The first kappa shape index (κ1) is 17.2. The van der Waals surface area contributed by atoms with Gasteiger partial charge in [0, 0.05) is 24.4 Å². The molecule has 3 rings (SSSR count). The van der Waals surface area contributed by atoms with Crippen LogP contribution in [0.5, 0.6) is 11.5 Å². The molecular formula is C19H22N2O4. The molecule has 25 heavy (non-hydrogen) atoms. The van der Waals surface area contributed by atoms with Gasteiger partial charge in [0.15, 0.2) is 6.61 Å². The highest BCUT2D eigenvalue weighted by molar-refractivity contribution is 5.78. The number of methoxy groups -OCH3 is 1. The van der Waals surface area contributed by atoms with E-state index in [0.29, 0.717) is 24.7 Å². The van der Waals surface area contributed by atoms with Gasteiger partial charge < -0.3 is 19.5 Å². The molecule has 0 bridgehead atoms. The fraction of sp³-hybridized carbons (Fsp3) is 0.368. The Balaban J connectivity index is 1.49. The summed E-state index contributed by atoms with van der Waals surface area (Å²) >= 11 is 0. The van der Waals surface area contributed by atoms with Gasteiger partial charge in [-0.15, -0.1) is 0 Å². The van der Waals surface area contributed by atoms with Crippen molar-refractivity contribution in [3.63, 3.8) is 0 Å². The fourth-order valence-corrected chi connectivity index (χ4v) is 2.87. The van der Waals surface area contributed by atoms with Crippen molar-refractivity contribution >= 4 is 5.91 Å². The van der Waals surface area contributed by atoms with Crippen LogP contribution in [0.2, 0.25) is 0 Å². The molecule has 2 atom stereocenters. The van der Waals surface area contributed by atoms with Crippen molar-refractivity contribution < 1.29 is 19.0 Å². The summed E-state index contributed by atoms with van der Waals surface area (Å²) in [6.07, 6.45) is 4.41. The normalized spacial score (nSPS) is 19.4. The van der Waals surface area contributed by atoms with Crippen molar-refractivity contribution in [3.8, 4) is 11.5 Å². The minimum Gasteiger partial charge on any atom is -0.497 e. The third-order valence-electron chi connectivity index (χ3n) is 4.20. The Morgan fingerprint density at radius 1 is 1.24 bits per heavy atom. The van der Waals surface area contributed by atoms with Crippen LogP contribution in [0.3, 0.4) is 0 Å². The average molecular weight is 342 g/mol. The van der Waals surface area contributed by atoms with Crippen LogP contribution in [0.1, 0.15) is 5.56 Å². The average Bonchev–Trinajstić information content (AvgIpc) is 3.07. The Morgan fingerprint density at radius 3 is 2.84 bits per heavy atom. The van der Waals surface area contributed by atoms with E-state index in [9.17, 15) is 4.79 Å². The van der Waals surface area contributed by atoms with E-state index >= 15 is 0 Å². The van der Waals surface area contributed by atoms with Gasteiger partial charge in [-0.3, -0.25) is 9.78 Å². The summed E-state index contributed by atoms with van der Waals surface area (Å²) in [5.74, 6) is 1.39. The number of amides is 1. The Bertz CT molecular complexity index is 693. The number of nitrogens with one attached hydrogen (secondary N) is 1. The SMILES string of the molecule is COc1cccc(OCC(=O)N[C@H]2COC[C@H]2Cc2ccncc2)c1. The number of nitrogens with zero attached hydrogens (tertiary/aromatic N) is 1. The molecule has 1 aromatic carbocycles. The topological polar surface area (TPSA) is 69.7 Å². The molecular weight excluding hydrogens is 320 g/mol. The van der Waals surface area contributed by atoms with Gasteiger partial charge in [0.2, 0.25) is 0 Å². The van der Waals surface area contributed by atoms with Crippen LogP contribution in [0.15, 0.2) is 48.8 Å². The Labute approximate surface area is 147 Å². The quantitative estimate of drug-likeness (QED) is 0.831. The Hall–Kier alpha value is -2.60. The molecule has 0 spiro atoms. The van der Waals surface area contributed by atoms with Crippen molar-refractivity contribution in [2.24, 2.45) is 5.92 Å². The molecule has 2 heterocycles. The summed E-state index contributed by atoms with van der Waals surface area (Å²) in [6.45, 7) is 1.14. The summed E-state index contributed by atoms with van der Waals surface area (Å²) in [6, 6.07) is 11.2. The van der Waals surface area contributed by atoms with E-state index < -0.39 is 0 Å². The second kappa shape index (κ2) is 8.48. The maximum Gasteiger partial charge on any atom is 0.258 e. The van der Waals surface area contributed by atoms with Gasteiger partial charge in [0.25, 0.3) is 5.91 Å². The number of benzene rings is 1. The Morgan fingerprint density at radius 2 is 2.04 bits per heavy atom. The zero-order valence-corrected chi connectivity index (χ0v) is 14.2. The van der Waals surface area contributed by atoms with Gasteiger partial charge in [0.1, 0.15) is 11.5 Å². The summed E-state index contributed by atoms with van der Waals surface area (Å²) in [4.78, 5) is 16.2. The van der Waals surface area contributed by atoms with Gasteiger partial charge >= 0.3 is 0 Å². The summed E-state index contributed by atoms with van der Waals surface area (Å²) in [5.41, 5.74) is 1.19. The maximum atomic E-state index is 12.2. The predicted molar refractivity (Wildman–Crippen MR) is 92.7 cm³/mol. The van der Waals surface area contributed by atoms with Gasteiger partial charge in [-0.25, -0.2) is 0 Å². The maximum absolute atomic E-state index is 12.2. The smallest absolute Gasteiger partial charge is 0.258 e. The molecule has 1 aliphatic heterocycles. The van der Waals surface area contributed by atoms with Gasteiger partial charge in [-0.1, -0.05) is 6.07 Å². The molecule has 0 aliphatic carbocycles. The molecule has 6 nitrogen and oxygen atoms in total. The molecule has 1 saturated heterocycles. The summed E-state index contributed by atoms with van der Waals surface area (Å²) in [5, 5.41) is 3.01. The molecule has 132 valence electrons. The molecule has 1 fully saturated rings. The molecule has 1 N–H and O–H groups in total. The van der Waals surface area contributed by atoms with Crippen LogP contribution >= 0.6 is 0 Å². The van der Waals surface area contributed by atoms with Crippen LogP contribution in [-0.2, 0) is 16.0 Å². The molecule has 2 aromatic rings. The molecule has 0 saturated carbocycles. The second-order valence-corrected chi connectivity index (χ2v) is 6.00. The van der Waals surface area contributed by atoms with Gasteiger partial charge in [-0.2, -0.15) is 0 Å². The largest absolute Gasteiger partial charge is 0.497 e. The van der Waals surface area contributed by atoms with Gasteiger partial charge in [0.05, 0.1) is 26.4 Å². The van der Waals surface area contributed by atoms with Crippen molar-refractivity contribution in [1.82, 2.24) is 10.3 Å². The first-order chi connectivity index (χ1) is 12.2. The molecule has 0 radical (unpaired) electrons. The molecule has 0 unspecified atom stereocenters. The Kier molecular flexibility index (Phi) is 5.85. The number of ether oxygens (including phenoxy) is 3. The number of rotatable bonds is 7. The van der Waals surface area contributed by atoms with Crippen molar-refractivity contribution in [3.05, 3.63) is 54.4 Å². The minimum atomic E-state index is -0.155. The highest BCUT2D eigenvalue weighted by atomic mass is 16.5. The van der Waals surface area contributed by atoms with E-state index in [0.717, 1.165) is 6.42 Å². The van der Waals surface area contributed by atoms with Crippen molar-refractivity contribution in [2.75, 3.05) is 26.9 Å². The molecule has 1 aromatic heterocycles. The van der Waals surface area contributed by atoms with Crippen molar-refractivity contribution in [2.45, 2.75) is 12.5 Å². The summed E-state index contributed by atoms with van der Waals surface area (Å²) < 4.78 is 16.2. The highest BCUT2D eigenvalue weighted by Crippen LogP contribution is 2.20. The van der Waals surface area contributed by atoms with Crippen LogP contribution in [-0.4, -0.2) is 43.9 Å². The minimum absolute atomic E-state index is 0.00502. The molecule has 1 amide bonds. The first-order valence-electron chi connectivity index (χ1n) is 8.27. The fourth-order valence-electron chi connectivity index (χ4n) is 2.87. The number of carbonyl (C=O) groups excluding carboxylic acids is 1. The first-order valence-corrected chi connectivity index (χ1v) is 8.27. The number of aromatic nitrogens is 1. The zero-order chi connectivity index (χ0) is 17.5. The molecule has 6 heteroatoms. The van der Waals surface area contributed by atoms with E-state index in [-0.39, 0.29) is 24.5 Å².